The molecule has 0 aliphatic rings. The number of carbonyl (C=O) groups is 2. The Hall–Kier alpha value is -4.11. The van der Waals surface area contributed by atoms with Gasteiger partial charge in [-0.3, -0.25) is 14.3 Å². The van der Waals surface area contributed by atoms with Gasteiger partial charge in [-0.25, -0.2) is 4.68 Å². The van der Waals surface area contributed by atoms with Gasteiger partial charge in [-0.2, -0.15) is 10.2 Å². The van der Waals surface area contributed by atoms with Crippen LogP contribution in [0.3, 0.4) is 0 Å². The largest absolute Gasteiger partial charge is 0.471 e. The van der Waals surface area contributed by atoms with Gasteiger partial charge in [0.05, 0.1) is 0 Å². The van der Waals surface area contributed by atoms with Crippen molar-refractivity contribution < 1.29 is 14.3 Å². The van der Waals surface area contributed by atoms with Crippen LogP contribution in [0.4, 0.5) is 11.4 Å². The average Bonchev–Trinajstić information content (AvgIpc) is 3.45. The number of ether oxygens (including phenoxy) is 1. The van der Waals surface area contributed by atoms with E-state index in [9.17, 15) is 9.59 Å². The van der Waals surface area contributed by atoms with Crippen molar-refractivity contribution in [1.82, 2.24) is 19.6 Å². The van der Waals surface area contributed by atoms with Crippen LogP contribution in [-0.2, 0) is 13.8 Å². The lowest BCUT2D eigenvalue weighted by Gasteiger charge is -2.08. The number of amides is 2. The number of anilines is 2. The van der Waals surface area contributed by atoms with Crippen LogP contribution in [0.1, 0.15) is 26.5 Å². The highest BCUT2D eigenvalue weighted by atomic mass is 35.5. The first-order chi connectivity index (χ1) is 15.9. The number of nitrogens with zero attached hydrogens (tertiary/aromatic N) is 4. The molecule has 0 aliphatic carbocycles. The molecule has 9 nitrogen and oxygen atoms in total. The Morgan fingerprint density at radius 2 is 1.52 bits per heavy atom. The molecule has 0 saturated carbocycles. The molecule has 2 amide bonds. The Kier molecular flexibility index (Phi) is 6.41. The van der Waals surface area contributed by atoms with E-state index in [0.717, 1.165) is 5.56 Å². The quantitative estimate of drug-likeness (QED) is 0.428. The lowest BCUT2D eigenvalue weighted by molar-refractivity contribution is 0.101. The fourth-order valence-electron chi connectivity index (χ4n) is 2.97. The zero-order chi connectivity index (χ0) is 23.4. The Labute approximate surface area is 194 Å². The van der Waals surface area contributed by atoms with Crippen molar-refractivity contribution >= 4 is 34.8 Å². The second-order valence-corrected chi connectivity index (χ2v) is 7.69. The summed E-state index contributed by atoms with van der Waals surface area (Å²) in [5.74, 6) is -0.0103. The summed E-state index contributed by atoms with van der Waals surface area (Å²) in [6, 6.07) is 15.4. The van der Waals surface area contributed by atoms with Gasteiger partial charge in [0.2, 0.25) is 0 Å². The van der Waals surface area contributed by atoms with Crippen LogP contribution in [-0.4, -0.2) is 31.4 Å². The van der Waals surface area contributed by atoms with Crippen LogP contribution < -0.4 is 15.4 Å². The highest BCUT2D eigenvalue weighted by molar-refractivity contribution is 6.31. The predicted octanol–water partition coefficient (Wildman–Crippen LogP) is 4.12. The number of carbonyl (C=O) groups excluding carboxylic acids is 2. The zero-order valence-electron chi connectivity index (χ0n) is 17.9. The highest BCUT2D eigenvalue weighted by Gasteiger charge is 2.12. The van der Waals surface area contributed by atoms with E-state index in [2.05, 4.69) is 20.8 Å². The first-order valence-electron chi connectivity index (χ1n) is 10.0. The zero-order valence-corrected chi connectivity index (χ0v) is 18.7. The van der Waals surface area contributed by atoms with Crippen LogP contribution in [0.5, 0.6) is 5.75 Å². The molecule has 4 aromatic rings. The summed E-state index contributed by atoms with van der Waals surface area (Å²) in [6.07, 6.45) is 3.35. The van der Waals surface area contributed by atoms with Gasteiger partial charge < -0.3 is 15.4 Å². The minimum absolute atomic E-state index is 0.152. The maximum atomic E-state index is 12.5. The monoisotopic (exact) mass is 464 g/mol. The first kappa shape index (κ1) is 22.1. The number of halogens is 1. The number of aryl methyl sites for hydroxylation is 2. The summed E-state index contributed by atoms with van der Waals surface area (Å²) in [4.78, 5) is 24.7. The number of rotatable bonds is 7. The molecule has 33 heavy (non-hydrogen) atoms. The third-order valence-corrected chi connectivity index (χ3v) is 5.14. The standard InChI is InChI=1S/C23H21ClN6O3/c1-15-13-18(7-8-19(15)24)33-14-30-12-10-21(28-30)23(32)26-17-5-3-16(4-6-17)25-22(31)20-9-11-29(2)27-20/h3-13H,14H2,1-2H3,(H,25,31)(H,26,32). The third kappa shape index (κ3) is 5.58. The van der Waals surface area contributed by atoms with Gasteiger partial charge in [0.15, 0.2) is 18.1 Å². The molecule has 0 fully saturated rings. The maximum Gasteiger partial charge on any atom is 0.276 e. The van der Waals surface area contributed by atoms with Crippen molar-refractivity contribution in [2.75, 3.05) is 10.6 Å². The predicted molar refractivity (Wildman–Crippen MR) is 125 cm³/mol. The van der Waals surface area contributed by atoms with E-state index in [0.29, 0.717) is 27.8 Å². The highest BCUT2D eigenvalue weighted by Crippen LogP contribution is 2.21. The summed E-state index contributed by atoms with van der Waals surface area (Å²) < 4.78 is 8.77. The molecule has 0 bridgehead atoms. The molecule has 0 unspecified atom stereocenters. The fraction of sp³-hybridized carbons (Fsp3) is 0.130. The number of aromatic nitrogens is 4. The van der Waals surface area contributed by atoms with Gasteiger partial charge in [0, 0.05) is 35.8 Å². The van der Waals surface area contributed by atoms with Gasteiger partial charge in [0.1, 0.15) is 5.75 Å². The molecule has 0 spiro atoms. The van der Waals surface area contributed by atoms with Gasteiger partial charge in [-0.15, -0.1) is 0 Å². The van der Waals surface area contributed by atoms with Crippen molar-refractivity contribution in [1.29, 1.82) is 0 Å². The summed E-state index contributed by atoms with van der Waals surface area (Å²) in [7, 11) is 1.74. The van der Waals surface area contributed by atoms with Crippen LogP contribution in [0.2, 0.25) is 5.02 Å². The number of benzene rings is 2. The Morgan fingerprint density at radius 1 is 0.909 bits per heavy atom. The first-order valence-corrected chi connectivity index (χ1v) is 10.4. The lowest BCUT2D eigenvalue weighted by atomic mass is 10.2. The van der Waals surface area contributed by atoms with Crippen molar-refractivity contribution in [3.8, 4) is 5.75 Å². The summed E-state index contributed by atoms with van der Waals surface area (Å²) in [5.41, 5.74) is 2.64. The molecular formula is C23H21ClN6O3. The molecule has 0 aliphatic heterocycles. The van der Waals surface area contributed by atoms with Crippen LogP contribution in [0.15, 0.2) is 67.0 Å². The van der Waals surface area contributed by atoms with Gasteiger partial charge >= 0.3 is 0 Å². The average molecular weight is 465 g/mol. The Balaban J connectivity index is 1.31. The summed E-state index contributed by atoms with van der Waals surface area (Å²) in [6.45, 7) is 2.05. The molecule has 168 valence electrons. The second kappa shape index (κ2) is 9.58. The molecule has 0 atom stereocenters. The van der Waals surface area contributed by atoms with Crippen LogP contribution in [0.25, 0.3) is 0 Å². The van der Waals surface area contributed by atoms with Gasteiger partial charge in [-0.05, 0) is 67.1 Å². The maximum absolute atomic E-state index is 12.5. The van der Waals surface area contributed by atoms with E-state index in [1.807, 2.05) is 13.0 Å². The van der Waals surface area contributed by atoms with Crippen LogP contribution >= 0.6 is 11.6 Å². The number of hydrogen-bond donors (Lipinski definition) is 2. The fourth-order valence-corrected chi connectivity index (χ4v) is 3.08. The molecule has 0 saturated heterocycles. The second-order valence-electron chi connectivity index (χ2n) is 7.29. The topological polar surface area (TPSA) is 103 Å². The number of hydrogen-bond acceptors (Lipinski definition) is 5. The molecular weight excluding hydrogens is 444 g/mol. The molecule has 10 heteroatoms. The molecule has 0 radical (unpaired) electrons. The Morgan fingerprint density at radius 3 is 2.09 bits per heavy atom. The van der Waals surface area contributed by atoms with Crippen molar-refractivity contribution in [3.63, 3.8) is 0 Å². The van der Waals surface area contributed by atoms with E-state index in [1.165, 1.54) is 4.68 Å². The molecule has 2 aromatic heterocycles. The van der Waals surface area contributed by atoms with E-state index < -0.39 is 0 Å². The smallest absolute Gasteiger partial charge is 0.276 e. The Bertz CT molecular complexity index is 1300. The van der Waals surface area contributed by atoms with Crippen molar-refractivity contribution in [2.24, 2.45) is 7.05 Å². The summed E-state index contributed by atoms with van der Waals surface area (Å²) >= 11 is 6.02. The van der Waals surface area contributed by atoms with E-state index in [-0.39, 0.29) is 24.2 Å². The SMILES string of the molecule is Cc1cc(OCn2ccc(C(=O)Nc3ccc(NC(=O)c4ccn(C)n4)cc3)n2)ccc1Cl. The van der Waals surface area contributed by atoms with Crippen LogP contribution in [0, 0.1) is 6.92 Å². The normalized spacial score (nSPS) is 10.6. The molecule has 2 N–H and O–H groups in total. The minimum Gasteiger partial charge on any atom is -0.471 e. The summed E-state index contributed by atoms with van der Waals surface area (Å²) in [5, 5.41) is 14.5. The van der Waals surface area contributed by atoms with Gasteiger partial charge in [-0.1, -0.05) is 11.6 Å². The third-order valence-electron chi connectivity index (χ3n) is 4.71. The lowest BCUT2D eigenvalue weighted by Crippen LogP contribution is -2.15. The van der Waals surface area contributed by atoms with Gasteiger partial charge in [0.25, 0.3) is 11.8 Å². The van der Waals surface area contributed by atoms with Crippen molar-refractivity contribution in [2.45, 2.75) is 13.7 Å². The van der Waals surface area contributed by atoms with Crippen molar-refractivity contribution in [3.05, 3.63) is 89.0 Å². The van der Waals surface area contributed by atoms with E-state index in [1.54, 1.807) is 72.7 Å². The molecule has 4 rings (SSSR count). The molecule has 2 aromatic carbocycles. The van der Waals surface area contributed by atoms with E-state index in [4.69, 9.17) is 16.3 Å². The number of nitrogens with one attached hydrogen (secondary N) is 2. The minimum atomic E-state index is -0.360. The molecule has 2 heterocycles. The van der Waals surface area contributed by atoms with E-state index >= 15 is 0 Å².